The summed E-state index contributed by atoms with van der Waals surface area (Å²) in [4.78, 5) is 0. The minimum atomic E-state index is -1.42. The lowest BCUT2D eigenvalue weighted by Gasteiger charge is -2.24. The first-order chi connectivity index (χ1) is 6.87. The molecule has 0 aromatic heterocycles. The second-order valence-electron chi connectivity index (χ2n) is 5.47. The molecule has 0 atom stereocenters. The summed E-state index contributed by atoms with van der Waals surface area (Å²) in [5.74, 6) is 1.74. The van der Waals surface area contributed by atoms with E-state index in [1.54, 1.807) is 0 Å². The summed E-state index contributed by atoms with van der Waals surface area (Å²) in [5, 5.41) is 0. The van der Waals surface area contributed by atoms with Crippen LogP contribution >= 0.6 is 0 Å². The lowest BCUT2D eigenvalue weighted by atomic mass is 10.1. The molecule has 0 aliphatic heterocycles. The van der Waals surface area contributed by atoms with E-state index in [-0.39, 0.29) is 0 Å². The fraction of sp³-hybridized carbons (Fsp3) is 0.846. The average molecular weight is 228 g/mol. The molecule has 0 amide bonds. The average Bonchev–Trinajstić information content (AvgIpc) is 2.08. The number of unbranched alkanes of at least 4 members (excludes halogenated alkanes) is 3. The Morgan fingerprint density at radius 3 is 2.20 bits per heavy atom. The zero-order valence-corrected chi connectivity index (χ0v) is 12.4. The maximum Gasteiger partial charge on any atom is 0.241 e. The Labute approximate surface area is 97.0 Å². The molecule has 0 unspecified atom stereocenters. The van der Waals surface area contributed by atoms with Crippen molar-refractivity contribution in [3.05, 3.63) is 11.8 Å². The minimum Gasteiger partial charge on any atom is -0.547 e. The quantitative estimate of drug-likeness (QED) is 0.340. The zero-order chi connectivity index (χ0) is 11.9. The molecule has 0 aliphatic carbocycles. The van der Waals surface area contributed by atoms with Crippen molar-refractivity contribution in [2.45, 2.75) is 66.1 Å². The highest BCUT2D eigenvalue weighted by Crippen LogP contribution is 2.19. The van der Waals surface area contributed by atoms with E-state index in [1.807, 2.05) is 0 Å². The van der Waals surface area contributed by atoms with Crippen molar-refractivity contribution < 1.29 is 4.43 Å². The summed E-state index contributed by atoms with van der Waals surface area (Å²) in [6.07, 6.45) is 7.39. The monoisotopic (exact) mass is 228 g/mol. The van der Waals surface area contributed by atoms with E-state index in [2.05, 4.69) is 46.5 Å². The van der Waals surface area contributed by atoms with Crippen molar-refractivity contribution in [2.75, 3.05) is 0 Å². The highest BCUT2D eigenvalue weighted by atomic mass is 28.4. The number of hydrogen-bond donors (Lipinski definition) is 0. The first-order valence-electron chi connectivity index (χ1n) is 6.26. The van der Waals surface area contributed by atoms with Gasteiger partial charge in [0, 0.05) is 5.92 Å². The van der Waals surface area contributed by atoms with Gasteiger partial charge in [-0.3, -0.25) is 0 Å². The topological polar surface area (TPSA) is 9.23 Å². The fourth-order valence-corrected chi connectivity index (χ4v) is 2.41. The van der Waals surface area contributed by atoms with Crippen LogP contribution < -0.4 is 0 Å². The molecule has 1 nitrogen and oxygen atoms in total. The fourth-order valence-electron chi connectivity index (χ4n) is 1.39. The maximum absolute atomic E-state index is 6.08. The molecular formula is C13H28OSi. The number of hydrogen-bond acceptors (Lipinski definition) is 1. The molecule has 0 fully saturated rings. The molecule has 0 rings (SSSR count). The minimum absolute atomic E-state index is 0.526. The van der Waals surface area contributed by atoms with Crippen LogP contribution in [0.1, 0.15) is 46.5 Å². The van der Waals surface area contributed by atoms with E-state index in [1.165, 1.54) is 31.4 Å². The highest BCUT2D eigenvalue weighted by molar-refractivity contribution is 6.70. The Balaban J connectivity index is 4.14. The lowest BCUT2D eigenvalue weighted by Crippen LogP contribution is -2.26. The van der Waals surface area contributed by atoms with Crippen LogP contribution in [0, 0.1) is 5.92 Å². The molecule has 0 N–H and O–H groups in total. The van der Waals surface area contributed by atoms with Gasteiger partial charge >= 0.3 is 0 Å². The molecule has 0 aromatic rings. The smallest absolute Gasteiger partial charge is 0.241 e. The molecule has 0 spiro atoms. The van der Waals surface area contributed by atoms with E-state index in [0.717, 1.165) is 0 Å². The van der Waals surface area contributed by atoms with Gasteiger partial charge in [-0.2, -0.15) is 0 Å². The van der Waals surface area contributed by atoms with Gasteiger partial charge in [-0.25, -0.2) is 0 Å². The van der Waals surface area contributed by atoms with Crippen LogP contribution in [-0.2, 0) is 4.43 Å². The van der Waals surface area contributed by atoms with Gasteiger partial charge in [-0.05, 0) is 38.6 Å². The van der Waals surface area contributed by atoms with Crippen molar-refractivity contribution in [3.8, 4) is 0 Å². The van der Waals surface area contributed by atoms with Gasteiger partial charge in [0.2, 0.25) is 8.32 Å². The number of rotatable bonds is 7. The van der Waals surface area contributed by atoms with Crippen LogP contribution in [-0.4, -0.2) is 8.32 Å². The third-order valence-electron chi connectivity index (χ3n) is 2.15. The second-order valence-corrected chi connectivity index (χ2v) is 9.90. The molecule has 15 heavy (non-hydrogen) atoms. The third kappa shape index (κ3) is 8.73. The summed E-state index contributed by atoms with van der Waals surface area (Å²) < 4.78 is 6.08. The van der Waals surface area contributed by atoms with Gasteiger partial charge in [0.1, 0.15) is 0 Å². The van der Waals surface area contributed by atoms with Gasteiger partial charge in [0.05, 0.1) is 5.76 Å². The van der Waals surface area contributed by atoms with Crippen molar-refractivity contribution in [1.29, 1.82) is 0 Å². The third-order valence-corrected chi connectivity index (χ3v) is 2.99. The highest BCUT2D eigenvalue weighted by Gasteiger charge is 2.18. The lowest BCUT2D eigenvalue weighted by molar-refractivity contribution is 0.360. The van der Waals surface area contributed by atoms with Crippen molar-refractivity contribution in [3.63, 3.8) is 0 Å². The van der Waals surface area contributed by atoms with Crippen LogP contribution in [0.15, 0.2) is 11.8 Å². The largest absolute Gasteiger partial charge is 0.547 e. The van der Waals surface area contributed by atoms with Crippen LogP contribution in [0.3, 0.4) is 0 Å². The standard InChI is InChI=1S/C13H28OSi/c1-7-8-9-10-11-13(12(2)3)14-15(4,5)6/h11-12H,7-10H2,1-6H3. The van der Waals surface area contributed by atoms with E-state index in [9.17, 15) is 0 Å². The van der Waals surface area contributed by atoms with Crippen molar-refractivity contribution in [1.82, 2.24) is 0 Å². The van der Waals surface area contributed by atoms with Gasteiger partial charge in [0.25, 0.3) is 0 Å². The van der Waals surface area contributed by atoms with E-state index >= 15 is 0 Å². The van der Waals surface area contributed by atoms with Gasteiger partial charge in [0.15, 0.2) is 0 Å². The summed E-state index contributed by atoms with van der Waals surface area (Å²) in [7, 11) is -1.42. The van der Waals surface area contributed by atoms with Gasteiger partial charge < -0.3 is 4.43 Å². The normalized spacial score (nSPS) is 13.4. The molecule has 90 valence electrons. The van der Waals surface area contributed by atoms with Crippen LogP contribution in [0.4, 0.5) is 0 Å². The Kier molecular flexibility index (Phi) is 6.99. The SMILES string of the molecule is CCCCCC=C(O[Si](C)(C)C)C(C)C. The predicted molar refractivity (Wildman–Crippen MR) is 71.5 cm³/mol. The Bertz CT molecular complexity index is 189. The van der Waals surface area contributed by atoms with Gasteiger partial charge in [-0.1, -0.05) is 33.6 Å². The molecule has 0 heterocycles. The summed E-state index contributed by atoms with van der Waals surface area (Å²) in [6.45, 7) is 13.4. The van der Waals surface area contributed by atoms with Gasteiger partial charge in [-0.15, -0.1) is 0 Å². The molecule has 0 aromatic carbocycles. The van der Waals surface area contributed by atoms with E-state index < -0.39 is 8.32 Å². The summed E-state index contributed by atoms with van der Waals surface area (Å²) >= 11 is 0. The molecule has 0 saturated carbocycles. The first-order valence-corrected chi connectivity index (χ1v) is 9.66. The van der Waals surface area contributed by atoms with Crippen LogP contribution in [0.2, 0.25) is 19.6 Å². The molecule has 0 radical (unpaired) electrons. The van der Waals surface area contributed by atoms with Crippen LogP contribution in [0.25, 0.3) is 0 Å². The van der Waals surface area contributed by atoms with Crippen molar-refractivity contribution in [2.24, 2.45) is 5.92 Å². The molecule has 2 heteroatoms. The molecule has 0 bridgehead atoms. The van der Waals surface area contributed by atoms with E-state index in [0.29, 0.717) is 5.92 Å². The zero-order valence-electron chi connectivity index (χ0n) is 11.4. The van der Waals surface area contributed by atoms with E-state index in [4.69, 9.17) is 4.43 Å². The predicted octanol–water partition coefficient (Wildman–Crippen LogP) is 4.96. The van der Waals surface area contributed by atoms with Crippen LogP contribution in [0.5, 0.6) is 0 Å². The Hall–Kier alpha value is -0.243. The summed E-state index contributed by atoms with van der Waals surface area (Å²) in [5.41, 5.74) is 0. The van der Waals surface area contributed by atoms with Crippen molar-refractivity contribution >= 4 is 8.32 Å². The molecule has 0 aliphatic rings. The Morgan fingerprint density at radius 2 is 1.80 bits per heavy atom. The molecule has 0 saturated heterocycles. The first kappa shape index (κ1) is 14.8. The summed E-state index contributed by atoms with van der Waals surface area (Å²) in [6, 6.07) is 0. The molecular weight excluding hydrogens is 200 g/mol. The maximum atomic E-state index is 6.08. The Morgan fingerprint density at radius 1 is 1.20 bits per heavy atom. The second kappa shape index (κ2) is 7.10. The number of allylic oxidation sites excluding steroid dienone is 2.